The number of hydrogen-bond acceptors (Lipinski definition) is 6. The molecule has 122 valence electrons. The number of allylic oxidation sites excluding steroid dienone is 1. The molecule has 23 heavy (non-hydrogen) atoms. The van der Waals surface area contributed by atoms with Gasteiger partial charge in [0.2, 0.25) is 5.95 Å². The Bertz CT molecular complexity index is 772. The van der Waals surface area contributed by atoms with Crippen LogP contribution in [0.2, 0.25) is 0 Å². The normalized spacial score (nSPS) is 26.0. The van der Waals surface area contributed by atoms with Crippen molar-refractivity contribution in [3.8, 4) is 0 Å². The number of imidazole rings is 1. The van der Waals surface area contributed by atoms with E-state index in [1.807, 2.05) is 10.9 Å². The van der Waals surface area contributed by atoms with Crippen LogP contribution in [0, 0.1) is 11.3 Å². The van der Waals surface area contributed by atoms with E-state index in [-0.39, 0.29) is 24.5 Å². The van der Waals surface area contributed by atoms with Crippen LogP contribution in [0.3, 0.4) is 0 Å². The van der Waals surface area contributed by atoms with E-state index < -0.39 is 0 Å². The molecule has 2 aliphatic rings. The number of aliphatic hydroxyl groups excluding tert-OH is 1. The molecule has 1 fully saturated rings. The van der Waals surface area contributed by atoms with E-state index in [0.29, 0.717) is 5.41 Å². The van der Waals surface area contributed by atoms with E-state index >= 15 is 0 Å². The predicted molar refractivity (Wildman–Crippen MR) is 89.1 cm³/mol. The molecule has 0 bridgehead atoms. The molecule has 4 rings (SSSR count). The van der Waals surface area contributed by atoms with Crippen LogP contribution >= 0.6 is 0 Å². The number of nitrogens with zero attached hydrogens (tertiary/aromatic N) is 5. The van der Waals surface area contributed by atoms with Crippen molar-refractivity contribution in [1.82, 2.24) is 19.5 Å². The third-order valence-corrected chi connectivity index (χ3v) is 4.70. The minimum atomic E-state index is 0.159. The Morgan fingerprint density at radius 3 is 2.74 bits per heavy atom. The molecule has 3 heterocycles. The molecule has 0 amide bonds. The molecular formula is C16H22N6O. The fraction of sp³-hybridized carbons (Fsp3) is 0.562. The number of aliphatic hydroxyl groups is 1. The molecule has 1 unspecified atom stereocenters. The van der Waals surface area contributed by atoms with E-state index in [9.17, 15) is 5.11 Å². The standard InChI is InChI=1S/C16H22N6O/c1-16(2)7-21(8-16)13-12-14(20-15(17)19-13)22(9-18-12)11-4-3-10(5-11)6-23/h3-4,9-11,23H,5-8H2,1-2H3,(H2,17,19,20)/t10?,11-/m0/s1. The van der Waals surface area contributed by atoms with Gasteiger partial charge in [-0.3, -0.25) is 0 Å². The van der Waals surface area contributed by atoms with Gasteiger partial charge in [0.15, 0.2) is 17.0 Å². The van der Waals surface area contributed by atoms with Crippen LogP contribution in [0.5, 0.6) is 0 Å². The van der Waals surface area contributed by atoms with Gasteiger partial charge in [-0.05, 0) is 11.8 Å². The van der Waals surface area contributed by atoms with Crippen LogP contribution in [0.15, 0.2) is 18.5 Å². The lowest BCUT2D eigenvalue weighted by Gasteiger charge is -2.46. The van der Waals surface area contributed by atoms with Crippen LogP contribution in [0.25, 0.3) is 11.2 Å². The SMILES string of the molecule is CC1(C)CN(c2nc(N)nc3c2ncn3[C@H]2C=CC(CO)C2)C1. The predicted octanol–water partition coefficient (Wildman–Crippen LogP) is 1.36. The maximum Gasteiger partial charge on any atom is 0.224 e. The molecule has 0 spiro atoms. The Kier molecular flexibility index (Phi) is 3.09. The number of nitrogen functional groups attached to an aromatic ring is 1. The second-order valence-corrected chi connectivity index (χ2v) is 7.38. The van der Waals surface area contributed by atoms with Gasteiger partial charge in [-0.25, -0.2) is 4.98 Å². The second kappa shape index (κ2) is 4.92. The lowest BCUT2D eigenvalue weighted by Crippen LogP contribution is -2.53. The van der Waals surface area contributed by atoms with Crippen molar-refractivity contribution in [3.05, 3.63) is 18.5 Å². The van der Waals surface area contributed by atoms with Gasteiger partial charge >= 0.3 is 0 Å². The number of rotatable bonds is 3. The molecule has 7 heteroatoms. The summed E-state index contributed by atoms with van der Waals surface area (Å²) in [6.45, 7) is 6.54. The van der Waals surface area contributed by atoms with Gasteiger partial charge in [0.1, 0.15) is 0 Å². The number of hydrogen-bond donors (Lipinski definition) is 2. The molecule has 2 aromatic rings. The first-order valence-corrected chi connectivity index (χ1v) is 8.01. The average Bonchev–Trinajstić information content (AvgIpc) is 3.09. The average molecular weight is 314 g/mol. The fourth-order valence-corrected chi connectivity index (χ4v) is 3.61. The van der Waals surface area contributed by atoms with Crippen molar-refractivity contribution in [3.63, 3.8) is 0 Å². The first kappa shape index (κ1) is 14.4. The summed E-state index contributed by atoms with van der Waals surface area (Å²) in [6.07, 6.45) is 6.83. The summed E-state index contributed by atoms with van der Waals surface area (Å²) in [5, 5.41) is 9.32. The summed E-state index contributed by atoms with van der Waals surface area (Å²) in [7, 11) is 0. The zero-order chi connectivity index (χ0) is 16.2. The fourth-order valence-electron chi connectivity index (χ4n) is 3.61. The highest BCUT2D eigenvalue weighted by molar-refractivity contribution is 5.85. The van der Waals surface area contributed by atoms with Crippen molar-refractivity contribution < 1.29 is 5.11 Å². The minimum absolute atomic E-state index is 0.159. The van der Waals surface area contributed by atoms with Crippen LogP contribution < -0.4 is 10.6 Å². The van der Waals surface area contributed by atoms with Crippen LogP contribution in [-0.4, -0.2) is 44.3 Å². The monoisotopic (exact) mass is 314 g/mol. The minimum Gasteiger partial charge on any atom is -0.396 e. The Balaban J connectivity index is 1.73. The largest absolute Gasteiger partial charge is 0.396 e. The molecule has 2 aromatic heterocycles. The highest BCUT2D eigenvalue weighted by Crippen LogP contribution is 2.37. The van der Waals surface area contributed by atoms with Gasteiger partial charge < -0.3 is 20.3 Å². The summed E-state index contributed by atoms with van der Waals surface area (Å²) < 4.78 is 2.04. The highest BCUT2D eigenvalue weighted by atomic mass is 16.3. The van der Waals surface area contributed by atoms with Gasteiger partial charge in [-0.1, -0.05) is 26.0 Å². The molecule has 7 nitrogen and oxygen atoms in total. The highest BCUT2D eigenvalue weighted by Gasteiger charge is 2.36. The Morgan fingerprint density at radius 2 is 2.09 bits per heavy atom. The number of aromatic nitrogens is 4. The summed E-state index contributed by atoms with van der Waals surface area (Å²) >= 11 is 0. The van der Waals surface area contributed by atoms with Gasteiger partial charge in [-0.15, -0.1) is 0 Å². The third-order valence-electron chi connectivity index (χ3n) is 4.70. The zero-order valence-electron chi connectivity index (χ0n) is 13.5. The molecular weight excluding hydrogens is 292 g/mol. The van der Waals surface area contributed by atoms with E-state index in [1.165, 1.54) is 0 Å². The van der Waals surface area contributed by atoms with Crippen molar-refractivity contribution >= 4 is 22.9 Å². The Hall–Kier alpha value is -2.15. The summed E-state index contributed by atoms with van der Waals surface area (Å²) in [4.78, 5) is 15.6. The van der Waals surface area contributed by atoms with Crippen LogP contribution in [0.1, 0.15) is 26.3 Å². The molecule has 2 atom stereocenters. The molecule has 1 aliphatic heterocycles. The Morgan fingerprint density at radius 1 is 1.30 bits per heavy atom. The summed E-state index contributed by atoms with van der Waals surface area (Å²) in [6, 6.07) is 0.159. The molecule has 0 aromatic carbocycles. The summed E-state index contributed by atoms with van der Waals surface area (Å²) in [5.41, 5.74) is 7.81. The van der Waals surface area contributed by atoms with Crippen molar-refractivity contribution in [2.24, 2.45) is 11.3 Å². The number of nitrogens with two attached hydrogens (primary N) is 1. The van der Waals surface area contributed by atoms with E-state index in [4.69, 9.17) is 5.73 Å². The van der Waals surface area contributed by atoms with Gasteiger partial charge in [0, 0.05) is 25.6 Å². The lowest BCUT2D eigenvalue weighted by atomic mass is 9.84. The molecule has 1 saturated heterocycles. The van der Waals surface area contributed by atoms with E-state index in [2.05, 4.69) is 45.9 Å². The van der Waals surface area contributed by atoms with Crippen molar-refractivity contribution in [2.75, 3.05) is 30.3 Å². The maximum atomic E-state index is 9.32. The first-order valence-electron chi connectivity index (χ1n) is 8.01. The summed E-state index contributed by atoms with van der Waals surface area (Å²) in [5.74, 6) is 1.30. The number of fused-ring (bicyclic) bond motifs is 1. The molecule has 0 radical (unpaired) electrons. The van der Waals surface area contributed by atoms with Crippen LogP contribution in [0.4, 0.5) is 11.8 Å². The van der Waals surface area contributed by atoms with Crippen molar-refractivity contribution in [2.45, 2.75) is 26.3 Å². The molecule has 0 saturated carbocycles. The first-order chi connectivity index (χ1) is 11.0. The zero-order valence-corrected chi connectivity index (χ0v) is 13.5. The molecule has 3 N–H and O–H groups in total. The van der Waals surface area contributed by atoms with Gasteiger partial charge in [0.25, 0.3) is 0 Å². The van der Waals surface area contributed by atoms with E-state index in [0.717, 1.165) is 36.5 Å². The second-order valence-electron chi connectivity index (χ2n) is 7.38. The molecule has 1 aliphatic carbocycles. The van der Waals surface area contributed by atoms with E-state index in [1.54, 1.807) is 0 Å². The van der Waals surface area contributed by atoms with Crippen molar-refractivity contribution in [1.29, 1.82) is 0 Å². The third kappa shape index (κ3) is 2.35. The van der Waals surface area contributed by atoms with Gasteiger partial charge in [-0.2, -0.15) is 9.97 Å². The Labute approximate surface area is 134 Å². The number of anilines is 2. The smallest absolute Gasteiger partial charge is 0.224 e. The van der Waals surface area contributed by atoms with Gasteiger partial charge in [0.05, 0.1) is 12.4 Å². The van der Waals surface area contributed by atoms with Crippen LogP contribution in [-0.2, 0) is 0 Å². The topological polar surface area (TPSA) is 93.1 Å². The quantitative estimate of drug-likeness (QED) is 0.831. The maximum absolute atomic E-state index is 9.32. The lowest BCUT2D eigenvalue weighted by molar-refractivity contribution is 0.244.